The van der Waals surface area contributed by atoms with Crippen LogP contribution in [0.1, 0.15) is 48.8 Å². The van der Waals surface area contributed by atoms with Crippen molar-refractivity contribution in [3.8, 4) is 0 Å². The Bertz CT molecular complexity index is 489. The van der Waals surface area contributed by atoms with Crippen molar-refractivity contribution in [1.29, 1.82) is 0 Å². The Labute approximate surface area is 110 Å². The molecule has 3 rings (SSSR count). The van der Waals surface area contributed by atoms with Gasteiger partial charge in [0.15, 0.2) is 11.6 Å². The standard InChI is InChI=1S/C15H16F2O2/c16-14-11(10-3-1-9(7-18)2-4-10)5-6-12(15(14)17)13-8-19-13/h5-7,9-10,13H,1-4,8H2. The molecule has 0 aromatic heterocycles. The minimum absolute atomic E-state index is 0.0277. The average Bonchev–Trinajstić information content (AvgIpc) is 3.26. The van der Waals surface area contributed by atoms with Gasteiger partial charge in [-0.1, -0.05) is 12.1 Å². The van der Waals surface area contributed by atoms with E-state index in [4.69, 9.17) is 4.74 Å². The Morgan fingerprint density at radius 1 is 1.05 bits per heavy atom. The normalized spacial score (nSPS) is 30.1. The monoisotopic (exact) mass is 266 g/mol. The number of carbonyl (C=O) groups excluding carboxylic acids is 1. The van der Waals surface area contributed by atoms with E-state index in [9.17, 15) is 13.6 Å². The molecule has 1 unspecified atom stereocenters. The lowest BCUT2D eigenvalue weighted by Crippen LogP contribution is -2.15. The van der Waals surface area contributed by atoms with Crippen molar-refractivity contribution in [2.45, 2.75) is 37.7 Å². The Kier molecular flexibility index (Phi) is 3.35. The minimum atomic E-state index is -0.766. The molecule has 2 fully saturated rings. The summed E-state index contributed by atoms with van der Waals surface area (Å²) in [5, 5.41) is 0. The van der Waals surface area contributed by atoms with E-state index in [2.05, 4.69) is 0 Å². The number of carbonyl (C=O) groups is 1. The first kappa shape index (κ1) is 12.7. The average molecular weight is 266 g/mol. The van der Waals surface area contributed by atoms with Crippen molar-refractivity contribution in [1.82, 2.24) is 0 Å². The van der Waals surface area contributed by atoms with Gasteiger partial charge in [-0.15, -0.1) is 0 Å². The van der Waals surface area contributed by atoms with Crippen LogP contribution in [0.5, 0.6) is 0 Å². The summed E-state index contributed by atoms with van der Waals surface area (Å²) in [5.41, 5.74) is 0.772. The van der Waals surface area contributed by atoms with E-state index in [1.807, 2.05) is 0 Å². The summed E-state index contributed by atoms with van der Waals surface area (Å²) in [6, 6.07) is 3.32. The maximum absolute atomic E-state index is 14.1. The summed E-state index contributed by atoms with van der Waals surface area (Å²) in [7, 11) is 0. The van der Waals surface area contributed by atoms with Crippen LogP contribution in [0.15, 0.2) is 12.1 Å². The maximum atomic E-state index is 14.1. The van der Waals surface area contributed by atoms with Gasteiger partial charge in [-0.3, -0.25) is 0 Å². The molecule has 1 atom stereocenters. The number of halogens is 2. The molecule has 1 aromatic rings. The molecule has 19 heavy (non-hydrogen) atoms. The van der Waals surface area contributed by atoms with Gasteiger partial charge in [0.1, 0.15) is 12.4 Å². The first-order valence-corrected chi connectivity index (χ1v) is 6.75. The highest BCUT2D eigenvalue weighted by atomic mass is 19.2. The summed E-state index contributed by atoms with van der Waals surface area (Å²) >= 11 is 0. The smallest absolute Gasteiger partial charge is 0.165 e. The summed E-state index contributed by atoms with van der Waals surface area (Å²) in [6.45, 7) is 0.472. The summed E-state index contributed by atoms with van der Waals surface area (Å²) in [4.78, 5) is 10.7. The zero-order valence-electron chi connectivity index (χ0n) is 10.6. The molecule has 0 bridgehead atoms. The van der Waals surface area contributed by atoms with E-state index in [1.165, 1.54) is 0 Å². The van der Waals surface area contributed by atoms with Gasteiger partial charge >= 0.3 is 0 Å². The zero-order valence-corrected chi connectivity index (χ0v) is 10.6. The molecular weight excluding hydrogens is 250 g/mol. The topological polar surface area (TPSA) is 29.6 Å². The molecule has 0 N–H and O–H groups in total. The fourth-order valence-corrected chi connectivity index (χ4v) is 2.94. The van der Waals surface area contributed by atoms with Gasteiger partial charge in [0.2, 0.25) is 0 Å². The van der Waals surface area contributed by atoms with Crippen LogP contribution in [0.2, 0.25) is 0 Å². The van der Waals surface area contributed by atoms with Gasteiger partial charge < -0.3 is 9.53 Å². The maximum Gasteiger partial charge on any atom is 0.165 e. The number of ether oxygens (including phenoxy) is 1. The number of hydrogen-bond donors (Lipinski definition) is 0. The summed E-state index contributed by atoms with van der Waals surface area (Å²) < 4.78 is 33.1. The lowest BCUT2D eigenvalue weighted by molar-refractivity contribution is -0.111. The SMILES string of the molecule is O=CC1CCC(c2ccc(C3CO3)c(F)c2F)CC1. The Morgan fingerprint density at radius 2 is 1.63 bits per heavy atom. The second kappa shape index (κ2) is 5.00. The summed E-state index contributed by atoms with van der Waals surface area (Å²) in [6.07, 6.45) is 3.74. The molecule has 1 aliphatic heterocycles. The first-order chi connectivity index (χ1) is 9.20. The molecule has 1 saturated carbocycles. The summed E-state index contributed by atoms with van der Waals surface area (Å²) in [5.74, 6) is -1.39. The molecule has 1 saturated heterocycles. The van der Waals surface area contributed by atoms with Crippen molar-refractivity contribution >= 4 is 6.29 Å². The van der Waals surface area contributed by atoms with Crippen LogP contribution >= 0.6 is 0 Å². The van der Waals surface area contributed by atoms with Crippen LogP contribution in [-0.4, -0.2) is 12.9 Å². The molecule has 1 heterocycles. The van der Waals surface area contributed by atoms with E-state index in [-0.39, 0.29) is 17.9 Å². The number of epoxide rings is 1. The van der Waals surface area contributed by atoms with Crippen LogP contribution in [-0.2, 0) is 9.53 Å². The van der Waals surface area contributed by atoms with Gasteiger partial charge in [-0.25, -0.2) is 8.78 Å². The van der Waals surface area contributed by atoms with Gasteiger partial charge in [-0.2, -0.15) is 0 Å². The molecule has 2 nitrogen and oxygen atoms in total. The highest BCUT2D eigenvalue weighted by Gasteiger charge is 2.32. The molecule has 1 aromatic carbocycles. The Morgan fingerprint density at radius 3 is 2.21 bits per heavy atom. The molecule has 0 radical (unpaired) electrons. The fraction of sp³-hybridized carbons (Fsp3) is 0.533. The number of hydrogen-bond acceptors (Lipinski definition) is 2. The number of rotatable bonds is 3. The molecule has 0 spiro atoms. The zero-order chi connectivity index (χ0) is 13.4. The highest BCUT2D eigenvalue weighted by Crippen LogP contribution is 2.39. The van der Waals surface area contributed by atoms with Crippen molar-refractivity contribution in [2.75, 3.05) is 6.61 Å². The van der Waals surface area contributed by atoms with E-state index in [0.717, 1.165) is 32.0 Å². The van der Waals surface area contributed by atoms with Gasteiger partial charge in [0.05, 0.1) is 6.61 Å². The van der Waals surface area contributed by atoms with Crippen molar-refractivity contribution in [3.05, 3.63) is 34.9 Å². The molecule has 1 aliphatic carbocycles. The molecule has 0 amide bonds. The third-order valence-corrected chi connectivity index (χ3v) is 4.23. The predicted octanol–water partition coefficient (Wildman–Crippen LogP) is 3.51. The molecule has 4 heteroatoms. The third-order valence-electron chi connectivity index (χ3n) is 4.23. The number of benzene rings is 1. The Hall–Kier alpha value is -1.29. The van der Waals surface area contributed by atoms with Crippen LogP contribution in [0.4, 0.5) is 8.78 Å². The minimum Gasteiger partial charge on any atom is -0.368 e. The van der Waals surface area contributed by atoms with Gasteiger partial charge in [0, 0.05) is 11.5 Å². The quantitative estimate of drug-likeness (QED) is 0.619. The lowest BCUT2D eigenvalue weighted by Gasteiger charge is -2.26. The second-order valence-electron chi connectivity index (χ2n) is 5.44. The van der Waals surface area contributed by atoms with E-state index in [1.54, 1.807) is 12.1 Å². The molecule has 102 valence electrons. The van der Waals surface area contributed by atoms with Gasteiger partial charge in [-0.05, 0) is 37.2 Å². The molecular formula is C15H16F2O2. The van der Waals surface area contributed by atoms with Crippen LogP contribution in [0.3, 0.4) is 0 Å². The van der Waals surface area contributed by atoms with Crippen molar-refractivity contribution in [3.63, 3.8) is 0 Å². The van der Waals surface area contributed by atoms with Crippen molar-refractivity contribution < 1.29 is 18.3 Å². The van der Waals surface area contributed by atoms with Crippen molar-refractivity contribution in [2.24, 2.45) is 5.92 Å². The van der Waals surface area contributed by atoms with Crippen LogP contribution in [0, 0.1) is 17.6 Å². The predicted molar refractivity (Wildman–Crippen MR) is 65.8 cm³/mol. The van der Waals surface area contributed by atoms with E-state index >= 15 is 0 Å². The van der Waals surface area contributed by atoms with E-state index < -0.39 is 11.6 Å². The molecule has 2 aliphatic rings. The largest absolute Gasteiger partial charge is 0.368 e. The first-order valence-electron chi connectivity index (χ1n) is 6.75. The number of aldehydes is 1. The lowest BCUT2D eigenvalue weighted by atomic mass is 9.79. The van der Waals surface area contributed by atoms with E-state index in [0.29, 0.717) is 17.7 Å². The Balaban J connectivity index is 1.81. The fourth-order valence-electron chi connectivity index (χ4n) is 2.94. The second-order valence-corrected chi connectivity index (χ2v) is 5.44. The highest BCUT2D eigenvalue weighted by molar-refractivity contribution is 5.53. The third kappa shape index (κ3) is 2.41. The van der Waals surface area contributed by atoms with Gasteiger partial charge in [0.25, 0.3) is 0 Å². The van der Waals surface area contributed by atoms with Crippen LogP contribution in [0.25, 0.3) is 0 Å². The van der Waals surface area contributed by atoms with Crippen LogP contribution < -0.4 is 0 Å².